The maximum Gasteiger partial charge on any atom is 0.119 e. The Bertz CT molecular complexity index is 417. The molecule has 2 atom stereocenters. The molecule has 0 radical (unpaired) electrons. The summed E-state index contributed by atoms with van der Waals surface area (Å²) in [6.07, 6.45) is -0.226. The van der Waals surface area contributed by atoms with Gasteiger partial charge in [-0.05, 0) is 30.5 Å². The Morgan fingerprint density at radius 2 is 2.00 bits per heavy atom. The Morgan fingerprint density at radius 3 is 2.62 bits per heavy atom. The van der Waals surface area contributed by atoms with Crippen molar-refractivity contribution in [3.05, 3.63) is 29.8 Å². The second-order valence-electron chi connectivity index (χ2n) is 6.14. The fraction of sp³-hybridized carbons (Fsp3) is 0.647. The van der Waals surface area contributed by atoms with Gasteiger partial charge in [0.2, 0.25) is 0 Å². The number of morpholine rings is 1. The van der Waals surface area contributed by atoms with Gasteiger partial charge in [-0.3, -0.25) is 4.90 Å². The Balaban J connectivity index is 1.79. The van der Waals surface area contributed by atoms with Crippen molar-refractivity contribution in [2.45, 2.75) is 38.9 Å². The number of β-amino-alcohol motifs (C(OH)–C–C–N with tert-alkyl or cyclic N) is 1. The zero-order valence-electron chi connectivity index (χ0n) is 13.3. The van der Waals surface area contributed by atoms with Crippen molar-refractivity contribution < 1.29 is 14.6 Å². The average Bonchev–Trinajstić information content (AvgIpc) is 2.45. The molecule has 1 N–H and O–H groups in total. The molecule has 2 rings (SSSR count). The third kappa shape index (κ3) is 5.30. The maximum absolute atomic E-state index is 9.46. The van der Waals surface area contributed by atoms with E-state index in [1.54, 1.807) is 0 Å². The molecule has 0 spiro atoms. The topological polar surface area (TPSA) is 41.9 Å². The van der Waals surface area contributed by atoms with Gasteiger partial charge in [0.15, 0.2) is 0 Å². The summed E-state index contributed by atoms with van der Waals surface area (Å²) in [7, 11) is 0. The van der Waals surface area contributed by atoms with Crippen molar-refractivity contribution in [1.29, 1.82) is 0 Å². The van der Waals surface area contributed by atoms with E-state index in [1.807, 2.05) is 19.1 Å². The monoisotopic (exact) mass is 293 g/mol. The van der Waals surface area contributed by atoms with E-state index in [4.69, 9.17) is 9.47 Å². The van der Waals surface area contributed by atoms with E-state index in [2.05, 4.69) is 30.9 Å². The summed E-state index contributed by atoms with van der Waals surface area (Å²) in [5.41, 5.74) is 1.32. The van der Waals surface area contributed by atoms with Crippen LogP contribution in [0.3, 0.4) is 0 Å². The van der Waals surface area contributed by atoms with E-state index < -0.39 is 0 Å². The average molecular weight is 293 g/mol. The summed E-state index contributed by atoms with van der Waals surface area (Å²) in [5.74, 6) is 1.42. The normalized spacial score (nSPS) is 21.5. The minimum Gasteiger partial charge on any atom is -0.491 e. The van der Waals surface area contributed by atoms with Crippen LogP contribution in [0.15, 0.2) is 24.3 Å². The number of nitrogens with zero attached hydrogens (tertiary/aromatic N) is 1. The van der Waals surface area contributed by atoms with Gasteiger partial charge in [-0.2, -0.15) is 0 Å². The van der Waals surface area contributed by atoms with Gasteiger partial charge in [0.25, 0.3) is 0 Å². The van der Waals surface area contributed by atoms with Gasteiger partial charge >= 0.3 is 0 Å². The van der Waals surface area contributed by atoms with Crippen molar-refractivity contribution in [1.82, 2.24) is 4.90 Å². The summed E-state index contributed by atoms with van der Waals surface area (Å²) in [5, 5.41) is 9.46. The van der Waals surface area contributed by atoms with Crippen LogP contribution in [-0.4, -0.2) is 55.1 Å². The van der Waals surface area contributed by atoms with E-state index in [-0.39, 0.29) is 12.2 Å². The van der Waals surface area contributed by atoms with Crippen LogP contribution in [0.25, 0.3) is 0 Å². The zero-order chi connectivity index (χ0) is 15.2. The first-order valence-electron chi connectivity index (χ1n) is 7.79. The van der Waals surface area contributed by atoms with Gasteiger partial charge in [-0.15, -0.1) is 0 Å². The van der Waals surface area contributed by atoms with Gasteiger partial charge in [0.1, 0.15) is 18.5 Å². The van der Waals surface area contributed by atoms with E-state index in [0.717, 1.165) is 18.8 Å². The Kier molecular flexibility index (Phi) is 6.03. The number of rotatable bonds is 6. The zero-order valence-corrected chi connectivity index (χ0v) is 13.3. The third-order valence-corrected chi connectivity index (χ3v) is 3.73. The fourth-order valence-corrected chi connectivity index (χ4v) is 2.56. The van der Waals surface area contributed by atoms with Crippen molar-refractivity contribution >= 4 is 0 Å². The third-order valence-electron chi connectivity index (χ3n) is 3.73. The highest BCUT2D eigenvalue weighted by Gasteiger charge is 2.21. The quantitative estimate of drug-likeness (QED) is 0.873. The minimum absolute atomic E-state index is 0.0716. The van der Waals surface area contributed by atoms with E-state index >= 15 is 0 Å². The predicted molar refractivity (Wildman–Crippen MR) is 83.9 cm³/mol. The number of ether oxygens (including phenoxy) is 2. The molecule has 0 bridgehead atoms. The molecule has 118 valence electrons. The van der Waals surface area contributed by atoms with Crippen LogP contribution in [0.5, 0.6) is 5.75 Å². The number of benzene rings is 1. The summed E-state index contributed by atoms with van der Waals surface area (Å²) in [4.78, 5) is 2.23. The number of aliphatic hydroxyl groups excluding tert-OH is 1. The number of hydrogen-bond donors (Lipinski definition) is 1. The Morgan fingerprint density at radius 1 is 1.29 bits per heavy atom. The Labute approximate surface area is 127 Å². The van der Waals surface area contributed by atoms with Gasteiger partial charge < -0.3 is 14.6 Å². The fourth-order valence-electron chi connectivity index (χ4n) is 2.56. The smallest absolute Gasteiger partial charge is 0.119 e. The van der Waals surface area contributed by atoms with Crippen molar-refractivity contribution in [2.75, 3.05) is 32.8 Å². The molecule has 0 amide bonds. The number of aliphatic hydroxyl groups is 1. The predicted octanol–water partition coefficient (Wildman–Crippen LogP) is 2.27. The first kappa shape index (κ1) is 16.3. The van der Waals surface area contributed by atoms with E-state index in [9.17, 15) is 5.11 Å². The summed E-state index contributed by atoms with van der Waals surface area (Å²) in [6, 6.07) is 8.26. The second kappa shape index (κ2) is 7.78. The van der Waals surface area contributed by atoms with Crippen LogP contribution >= 0.6 is 0 Å². The highest BCUT2D eigenvalue weighted by molar-refractivity contribution is 5.28. The molecule has 2 unspecified atom stereocenters. The molecule has 21 heavy (non-hydrogen) atoms. The van der Waals surface area contributed by atoms with Crippen LogP contribution in [0.4, 0.5) is 0 Å². The van der Waals surface area contributed by atoms with E-state index in [0.29, 0.717) is 25.7 Å². The molecule has 0 saturated carbocycles. The standard InChI is InChI=1S/C17H27NO3/c1-13(2)15-4-6-16(7-5-15)21-12-17-11-18(8-9-20-17)10-14(3)19/h4-7,13-14,17,19H,8-12H2,1-3H3. The highest BCUT2D eigenvalue weighted by Crippen LogP contribution is 2.19. The molecular weight excluding hydrogens is 266 g/mol. The van der Waals surface area contributed by atoms with Crippen LogP contribution in [0.1, 0.15) is 32.3 Å². The summed E-state index contributed by atoms with van der Waals surface area (Å²) >= 11 is 0. The first-order chi connectivity index (χ1) is 10.0. The summed E-state index contributed by atoms with van der Waals surface area (Å²) < 4.78 is 11.5. The molecule has 1 fully saturated rings. The second-order valence-corrected chi connectivity index (χ2v) is 6.14. The van der Waals surface area contributed by atoms with Gasteiger partial charge in [0, 0.05) is 19.6 Å². The first-order valence-corrected chi connectivity index (χ1v) is 7.79. The largest absolute Gasteiger partial charge is 0.491 e. The molecule has 1 saturated heterocycles. The molecular formula is C17H27NO3. The summed E-state index contributed by atoms with van der Waals surface area (Å²) in [6.45, 7) is 9.83. The van der Waals surface area contributed by atoms with Gasteiger partial charge in [-0.1, -0.05) is 26.0 Å². The lowest BCUT2D eigenvalue weighted by Crippen LogP contribution is -2.47. The van der Waals surface area contributed by atoms with Crippen LogP contribution < -0.4 is 4.74 Å². The molecule has 4 nitrogen and oxygen atoms in total. The molecule has 0 aliphatic carbocycles. The molecule has 1 aromatic rings. The molecule has 1 heterocycles. The van der Waals surface area contributed by atoms with Crippen LogP contribution in [-0.2, 0) is 4.74 Å². The molecule has 1 aliphatic rings. The molecule has 0 aromatic heterocycles. The maximum atomic E-state index is 9.46. The Hall–Kier alpha value is -1.10. The molecule has 1 aromatic carbocycles. The van der Waals surface area contributed by atoms with Gasteiger partial charge in [0.05, 0.1) is 12.7 Å². The van der Waals surface area contributed by atoms with E-state index in [1.165, 1.54) is 5.56 Å². The SMILES string of the molecule is CC(O)CN1CCOC(COc2ccc(C(C)C)cc2)C1. The highest BCUT2D eigenvalue weighted by atomic mass is 16.5. The van der Waals surface area contributed by atoms with Crippen molar-refractivity contribution in [3.63, 3.8) is 0 Å². The van der Waals surface area contributed by atoms with Crippen molar-refractivity contribution in [3.8, 4) is 5.75 Å². The van der Waals surface area contributed by atoms with Gasteiger partial charge in [-0.25, -0.2) is 0 Å². The lowest BCUT2D eigenvalue weighted by atomic mass is 10.0. The van der Waals surface area contributed by atoms with Crippen molar-refractivity contribution in [2.24, 2.45) is 0 Å². The number of hydrogen-bond acceptors (Lipinski definition) is 4. The minimum atomic E-state index is -0.298. The molecule has 1 aliphatic heterocycles. The molecule has 4 heteroatoms. The van der Waals surface area contributed by atoms with Crippen LogP contribution in [0.2, 0.25) is 0 Å². The van der Waals surface area contributed by atoms with Crippen LogP contribution in [0, 0.1) is 0 Å². The lowest BCUT2D eigenvalue weighted by Gasteiger charge is -2.33. The lowest BCUT2D eigenvalue weighted by molar-refractivity contribution is -0.0560.